The fraction of sp³-hybridized carbons (Fsp3) is 0.308. The molecule has 2 aromatic rings. The lowest BCUT2D eigenvalue weighted by atomic mass is 10.2. The van der Waals surface area contributed by atoms with E-state index in [4.69, 9.17) is 28.3 Å². The zero-order chi connectivity index (χ0) is 15.6. The molecule has 0 unspecified atom stereocenters. The fourth-order valence-corrected chi connectivity index (χ4v) is 2.94. The minimum atomic E-state index is -0.916. The van der Waals surface area contributed by atoms with Crippen LogP contribution in [0.2, 0.25) is 10.0 Å². The summed E-state index contributed by atoms with van der Waals surface area (Å²) in [6.45, 7) is 3.81. The molecular weight excluding hydrogens is 333 g/mol. The summed E-state index contributed by atoms with van der Waals surface area (Å²) in [5.41, 5.74) is 1.53. The minimum Gasteiger partial charge on any atom is -0.481 e. The van der Waals surface area contributed by atoms with Crippen molar-refractivity contribution in [2.45, 2.75) is 25.4 Å². The van der Waals surface area contributed by atoms with Crippen LogP contribution in [-0.4, -0.2) is 31.6 Å². The van der Waals surface area contributed by atoms with Gasteiger partial charge in [-0.1, -0.05) is 41.9 Å². The first-order valence-corrected chi connectivity index (χ1v) is 7.93. The van der Waals surface area contributed by atoms with Crippen molar-refractivity contribution in [3.05, 3.63) is 33.6 Å². The number of hydrogen-bond acceptors (Lipinski definition) is 4. The van der Waals surface area contributed by atoms with Crippen molar-refractivity contribution in [3.8, 4) is 5.69 Å². The maximum Gasteiger partial charge on any atom is 0.313 e. The summed E-state index contributed by atoms with van der Waals surface area (Å²) in [5.74, 6) is -0.315. The largest absolute Gasteiger partial charge is 0.481 e. The average molecular weight is 346 g/mol. The maximum absolute atomic E-state index is 10.7. The molecule has 0 spiro atoms. The smallest absolute Gasteiger partial charge is 0.313 e. The molecule has 0 bridgehead atoms. The Morgan fingerprint density at radius 3 is 2.67 bits per heavy atom. The molecule has 0 atom stereocenters. The first kappa shape index (κ1) is 16.1. The van der Waals surface area contributed by atoms with Crippen molar-refractivity contribution in [2.75, 3.05) is 5.75 Å². The molecule has 1 aromatic heterocycles. The van der Waals surface area contributed by atoms with Gasteiger partial charge in [0.2, 0.25) is 0 Å². The van der Waals surface area contributed by atoms with E-state index in [-0.39, 0.29) is 5.75 Å². The number of carboxylic acids is 1. The third-order valence-electron chi connectivity index (χ3n) is 2.81. The van der Waals surface area contributed by atoms with Crippen molar-refractivity contribution < 1.29 is 9.90 Å². The Morgan fingerprint density at radius 2 is 2.05 bits per heavy atom. The zero-order valence-electron chi connectivity index (χ0n) is 11.4. The third kappa shape index (κ3) is 3.51. The van der Waals surface area contributed by atoms with Crippen molar-refractivity contribution in [2.24, 2.45) is 0 Å². The topological polar surface area (TPSA) is 68.0 Å². The number of carboxylic acid groups (broad SMARTS) is 1. The first-order valence-electron chi connectivity index (χ1n) is 6.19. The standard InChI is InChI=1S/C13H13Cl2N3O2S/c1-3-11-16-17-13(21-6-12(19)20)18(11)10-5-8(14)7(2)4-9(10)15/h4-5H,3,6H2,1-2H3,(H,19,20). The van der Waals surface area contributed by atoms with Gasteiger partial charge in [-0.25, -0.2) is 0 Å². The third-order valence-corrected chi connectivity index (χ3v) is 4.43. The van der Waals surface area contributed by atoms with E-state index in [1.54, 1.807) is 16.7 Å². The summed E-state index contributed by atoms with van der Waals surface area (Å²) in [6.07, 6.45) is 0.641. The molecule has 0 aliphatic carbocycles. The summed E-state index contributed by atoms with van der Waals surface area (Å²) in [4.78, 5) is 10.7. The molecule has 0 aliphatic rings. The highest BCUT2D eigenvalue weighted by atomic mass is 35.5. The Balaban J connectivity index is 2.53. The van der Waals surface area contributed by atoms with Crippen LogP contribution in [-0.2, 0) is 11.2 Å². The maximum atomic E-state index is 10.7. The van der Waals surface area contributed by atoms with E-state index in [2.05, 4.69) is 10.2 Å². The first-order chi connectivity index (χ1) is 9.93. The van der Waals surface area contributed by atoms with Crippen LogP contribution in [0.1, 0.15) is 18.3 Å². The normalized spacial score (nSPS) is 10.9. The van der Waals surface area contributed by atoms with Gasteiger partial charge < -0.3 is 5.11 Å². The van der Waals surface area contributed by atoms with Crippen LogP contribution in [0.5, 0.6) is 0 Å². The zero-order valence-corrected chi connectivity index (χ0v) is 13.8. The van der Waals surface area contributed by atoms with E-state index in [1.165, 1.54) is 0 Å². The van der Waals surface area contributed by atoms with Crippen molar-refractivity contribution in [1.29, 1.82) is 0 Å². The van der Waals surface area contributed by atoms with Crippen LogP contribution in [0.25, 0.3) is 5.69 Å². The van der Waals surface area contributed by atoms with Gasteiger partial charge >= 0.3 is 5.97 Å². The number of rotatable bonds is 5. The second-order valence-electron chi connectivity index (χ2n) is 4.32. The van der Waals surface area contributed by atoms with E-state index in [0.717, 1.165) is 17.3 Å². The minimum absolute atomic E-state index is 0.0982. The van der Waals surface area contributed by atoms with E-state index in [9.17, 15) is 4.79 Å². The lowest BCUT2D eigenvalue weighted by Gasteiger charge is -2.12. The van der Waals surface area contributed by atoms with Crippen LogP contribution in [0.4, 0.5) is 0 Å². The molecule has 0 saturated carbocycles. The monoisotopic (exact) mass is 345 g/mol. The van der Waals surface area contributed by atoms with Gasteiger partial charge in [-0.3, -0.25) is 9.36 Å². The van der Waals surface area contributed by atoms with E-state index < -0.39 is 5.97 Å². The van der Waals surface area contributed by atoms with Gasteiger partial charge in [0, 0.05) is 11.4 Å². The summed E-state index contributed by atoms with van der Waals surface area (Å²) < 4.78 is 1.75. The SMILES string of the molecule is CCc1nnc(SCC(=O)O)n1-c1cc(Cl)c(C)cc1Cl. The summed E-state index contributed by atoms with van der Waals surface area (Å²) >= 11 is 13.6. The number of halogens is 2. The molecule has 5 nitrogen and oxygen atoms in total. The number of carbonyl (C=O) groups is 1. The predicted octanol–water partition coefficient (Wildman–Crippen LogP) is 3.62. The second-order valence-corrected chi connectivity index (χ2v) is 6.08. The highest BCUT2D eigenvalue weighted by molar-refractivity contribution is 7.99. The number of aryl methyl sites for hydroxylation is 2. The number of aliphatic carboxylic acids is 1. The molecule has 0 saturated heterocycles. The van der Waals surface area contributed by atoms with Crippen molar-refractivity contribution >= 4 is 40.9 Å². The Labute approximate surface area is 136 Å². The summed E-state index contributed by atoms with van der Waals surface area (Å²) in [7, 11) is 0. The Bertz CT molecular complexity index is 688. The number of nitrogens with zero attached hydrogens (tertiary/aromatic N) is 3. The van der Waals surface area contributed by atoms with Gasteiger partial charge in [0.05, 0.1) is 16.5 Å². The Morgan fingerprint density at radius 1 is 1.33 bits per heavy atom. The number of thioether (sulfide) groups is 1. The molecule has 1 N–H and O–H groups in total. The van der Waals surface area contributed by atoms with Gasteiger partial charge in [0.15, 0.2) is 5.16 Å². The van der Waals surface area contributed by atoms with E-state index >= 15 is 0 Å². The molecule has 0 amide bonds. The molecule has 0 fully saturated rings. The lowest BCUT2D eigenvalue weighted by molar-refractivity contribution is -0.133. The molecule has 2 rings (SSSR count). The Hall–Kier alpha value is -1.24. The molecule has 1 aromatic carbocycles. The van der Waals surface area contributed by atoms with Crippen molar-refractivity contribution in [3.63, 3.8) is 0 Å². The Kier molecular flexibility index (Phi) is 5.13. The highest BCUT2D eigenvalue weighted by Crippen LogP contribution is 2.31. The van der Waals surface area contributed by atoms with Crippen LogP contribution in [0.3, 0.4) is 0 Å². The predicted molar refractivity (Wildman–Crippen MR) is 83.9 cm³/mol. The molecule has 8 heteroatoms. The fourth-order valence-electron chi connectivity index (χ4n) is 1.80. The summed E-state index contributed by atoms with van der Waals surface area (Å²) in [6, 6.07) is 3.51. The van der Waals surface area contributed by atoms with Crippen LogP contribution in [0.15, 0.2) is 17.3 Å². The number of hydrogen-bond donors (Lipinski definition) is 1. The molecule has 1 heterocycles. The van der Waals surface area contributed by atoms with E-state index in [0.29, 0.717) is 33.1 Å². The van der Waals surface area contributed by atoms with Crippen LogP contribution >= 0.6 is 35.0 Å². The average Bonchev–Trinajstić information content (AvgIpc) is 2.83. The highest BCUT2D eigenvalue weighted by Gasteiger charge is 2.17. The quantitative estimate of drug-likeness (QED) is 0.838. The molecule has 0 aliphatic heterocycles. The molecule has 112 valence electrons. The summed E-state index contributed by atoms with van der Waals surface area (Å²) in [5, 5.41) is 18.5. The molecule has 0 radical (unpaired) electrons. The number of benzene rings is 1. The van der Waals surface area contributed by atoms with Gasteiger partial charge in [-0.2, -0.15) is 0 Å². The van der Waals surface area contributed by atoms with Gasteiger partial charge in [0.1, 0.15) is 5.82 Å². The van der Waals surface area contributed by atoms with E-state index in [1.807, 2.05) is 13.8 Å². The van der Waals surface area contributed by atoms with Gasteiger partial charge in [0.25, 0.3) is 0 Å². The molecular formula is C13H13Cl2N3O2S. The number of aromatic nitrogens is 3. The van der Waals surface area contributed by atoms with Crippen LogP contribution < -0.4 is 0 Å². The molecule has 21 heavy (non-hydrogen) atoms. The van der Waals surface area contributed by atoms with Gasteiger partial charge in [-0.15, -0.1) is 10.2 Å². The second kappa shape index (κ2) is 6.68. The van der Waals surface area contributed by atoms with Crippen molar-refractivity contribution in [1.82, 2.24) is 14.8 Å². The van der Waals surface area contributed by atoms with Crippen LogP contribution in [0, 0.1) is 6.92 Å². The lowest BCUT2D eigenvalue weighted by Crippen LogP contribution is -2.05. The van der Waals surface area contributed by atoms with Gasteiger partial charge in [-0.05, 0) is 24.6 Å².